The first-order valence-electron chi connectivity index (χ1n) is 7.75. The Morgan fingerprint density at radius 2 is 2.00 bits per heavy atom. The summed E-state index contributed by atoms with van der Waals surface area (Å²) >= 11 is 6.20. The summed E-state index contributed by atoms with van der Waals surface area (Å²) in [5, 5.41) is 3.25. The largest absolute Gasteiger partial charge is 0.449 e. The molecule has 2 aromatic heterocycles. The van der Waals surface area contributed by atoms with E-state index in [9.17, 15) is 13.2 Å². The fraction of sp³-hybridized carbons (Fsp3) is 0.176. The Morgan fingerprint density at radius 1 is 1.27 bits per heavy atom. The van der Waals surface area contributed by atoms with Crippen LogP contribution < -0.4 is 5.32 Å². The van der Waals surface area contributed by atoms with Gasteiger partial charge < -0.3 is 10.1 Å². The van der Waals surface area contributed by atoms with Gasteiger partial charge in [0.1, 0.15) is 0 Å². The third-order valence-electron chi connectivity index (χ3n) is 3.76. The molecule has 2 heterocycles. The van der Waals surface area contributed by atoms with Crippen LogP contribution in [0.4, 0.5) is 4.79 Å². The lowest BCUT2D eigenvalue weighted by Gasteiger charge is -2.11. The van der Waals surface area contributed by atoms with Gasteiger partial charge in [-0.05, 0) is 24.3 Å². The number of halogens is 1. The van der Waals surface area contributed by atoms with Gasteiger partial charge in [-0.25, -0.2) is 22.2 Å². The lowest BCUT2D eigenvalue weighted by molar-refractivity contribution is 0.149. The number of pyridine rings is 1. The molecule has 26 heavy (non-hydrogen) atoms. The van der Waals surface area contributed by atoms with Crippen molar-refractivity contribution in [3.63, 3.8) is 0 Å². The van der Waals surface area contributed by atoms with E-state index >= 15 is 0 Å². The molecule has 0 aliphatic carbocycles. The van der Waals surface area contributed by atoms with E-state index in [1.54, 1.807) is 30.3 Å². The van der Waals surface area contributed by atoms with E-state index < -0.39 is 16.1 Å². The van der Waals surface area contributed by atoms with E-state index in [0.29, 0.717) is 16.1 Å². The summed E-state index contributed by atoms with van der Waals surface area (Å²) in [6, 6.07) is 11.3. The number of alkyl carbamates (subject to hydrolysis) is 1. The monoisotopic (exact) mass is 393 g/mol. The number of hydrogen-bond acceptors (Lipinski definition) is 5. The molecule has 0 bridgehead atoms. The molecule has 0 saturated heterocycles. The molecule has 1 aromatic carbocycles. The number of aromatic nitrogens is 2. The van der Waals surface area contributed by atoms with Crippen LogP contribution in [-0.2, 0) is 21.2 Å². The Hall–Kier alpha value is -2.58. The van der Waals surface area contributed by atoms with Gasteiger partial charge in [0.05, 0.1) is 16.5 Å². The van der Waals surface area contributed by atoms with E-state index in [4.69, 9.17) is 16.3 Å². The van der Waals surface area contributed by atoms with Gasteiger partial charge in [0.15, 0.2) is 5.65 Å². The summed E-state index contributed by atoms with van der Waals surface area (Å²) in [5.41, 5.74) is 0.657. The van der Waals surface area contributed by atoms with Gasteiger partial charge in [-0.1, -0.05) is 29.8 Å². The Labute approximate surface area is 155 Å². The van der Waals surface area contributed by atoms with Gasteiger partial charge in [0.2, 0.25) is 0 Å². The molecule has 0 aliphatic heterocycles. The van der Waals surface area contributed by atoms with Crippen molar-refractivity contribution >= 4 is 38.8 Å². The maximum absolute atomic E-state index is 13.2. The van der Waals surface area contributed by atoms with Gasteiger partial charge in [-0.15, -0.1) is 0 Å². The van der Waals surface area contributed by atoms with Gasteiger partial charge in [-0.3, -0.25) is 0 Å². The van der Waals surface area contributed by atoms with Crippen molar-refractivity contribution in [2.24, 2.45) is 0 Å². The van der Waals surface area contributed by atoms with Crippen molar-refractivity contribution in [2.75, 3.05) is 13.7 Å². The maximum atomic E-state index is 13.2. The Bertz CT molecular complexity index is 1050. The molecule has 0 spiro atoms. The van der Waals surface area contributed by atoms with Crippen molar-refractivity contribution in [1.82, 2.24) is 14.3 Å². The van der Waals surface area contributed by atoms with E-state index in [0.717, 1.165) is 3.97 Å². The van der Waals surface area contributed by atoms with Crippen molar-refractivity contribution in [3.05, 3.63) is 59.4 Å². The van der Waals surface area contributed by atoms with Crippen molar-refractivity contribution < 1.29 is 17.9 Å². The molecule has 3 aromatic rings. The van der Waals surface area contributed by atoms with Crippen LogP contribution in [-0.4, -0.2) is 37.1 Å². The predicted octanol–water partition coefficient (Wildman–Crippen LogP) is 2.83. The number of amides is 1. The Morgan fingerprint density at radius 3 is 2.69 bits per heavy atom. The van der Waals surface area contributed by atoms with Crippen LogP contribution in [0, 0.1) is 0 Å². The van der Waals surface area contributed by atoms with Crippen LogP contribution >= 0.6 is 11.6 Å². The molecule has 136 valence electrons. The number of benzene rings is 1. The first kappa shape index (κ1) is 18.2. The van der Waals surface area contributed by atoms with Gasteiger partial charge in [-0.2, -0.15) is 0 Å². The molecular formula is C17H16ClN3O4S. The smallest absolute Gasteiger partial charge is 0.406 e. The highest BCUT2D eigenvalue weighted by Gasteiger charge is 2.24. The van der Waals surface area contributed by atoms with Crippen molar-refractivity contribution in [1.29, 1.82) is 0 Å². The zero-order chi connectivity index (χ0) is 18.7. The van der Waals surface area contributed by atoms with E-state index in [1.807, 2.05) is 0 Å². The second kappa shape index (κ2) is 7.35. The maximum Gasteiger partial charge on any atom is 0.406 e. The summed E-state index contributed by atoms with van der Waals surface area (Å²) in [4.78, 5) is 15.6. The van der Waals surface area contributed by atoms with Crippen LogP contribution in [0.3, 0.4) is 0 Å². The second-order valence-electron chi connectivity index (χ2n) is 5.38. The third-order valence-corrected chi connectivity index (χ3v) is 5.84. The van der Waals surface area contributed by atoms with E-state index in [1.165, 1.54) is 25.4 Å². The zero-order valence-electron chi connectivity index (χ0n) is 13.8. The average molecular weight is 394 g/mol. The van der Waals surface area contributed by atoms with Gasteiger partial charge in [0.25, 0.3) is 10.0 Å². The Kier molecular flexibility index (Phi) is 5.15. The summed E-state index contributed by atoms with van der Waals surface area (Å²) < 4.78 is 32.4. The number of nitrogens with one attached hydrogen (secondary N) is 1. The molecule has 3 rings (SSSR count). The molecule has 0 aliphatic rings. The van der Waals surface area contributed by atoms with Crippen LogP contribution in [0.5, 0.6) is 0 Å². The van der Waals surface area contributed by atoms with Crippen LogP contribution in [0.1, 0.15) is 5.69 Å². The number of nitrogens with zero attached hydrogens (tertiary/aromatic N) is 2. The minimum Gasteiger partial charge on any atom is -0.449 e. The average Bonchev–Trinajstić information content (AvgIpc) is 3.03. The third kappa shape index (κ3) is 3.38. The molecule has 0 saturated carbocycles. The highest BCUT2D eigenvalue weighted by molar-refractivity contribution is 7.90. The molecule has 0 radical (unpaired) electrons. The summed E-state index contributed by atoms with van der Waals surface area (Å²) in [5.74, 6) is 0. The number of ether oxygens (including phenoxy) is 1. The van der Waals surface area contributed by atoms with Gasteiger partial charge in [0, 0.05) is 30.7 Å². The van der Waals surface area contributed by atoms with Crippen LogP contribution in [0.15, 0.2) is 53.6 Å². The minimum absolute atomic E-state index is 0.0118. The van der Waals surface area contributed by atoms with Crippen LogP contribution in [0.2, 0.25) is 5.02 Å². The molecule has 1 amide bonds. The van der Waals surface area contributed by atoms with E-state index in [2.05, 4.69) is 10.3 Å². The lowest BCUT2D eigenvalue weighted by atomic mass is 10.3. The van der Waals surface area contributed by atoms with Crippen molar-refractivity contribution in [2.45, 2.75) is 11.3 Å². The summed E-state index contributed by atoms with van der Waals surface area (Å²) in [7, 11) is -2.44. The number of carbonyl (C=O) groups excluding carboxylic acids is 1. The molecule has 1 N–H and O–H groups in total. The fourth-order valence-corrected chi connectivity index (χ4v) is 4.29. The minimum atomic E-state index is -3.89. The molecule has 0 unspecified atom stereocenters. The zero-order valence-corrected chi connectivity index (χ0v) is 15.4. The highest BCUT2D eigenvalue weighted by Crippen LogP contribution is 2.29. The Balaban J connectivity index is 2.11. The lowest BCUT2D eigenvalue weighted by Crippen LogP contribution is -2.21. The quantitative estimate of drug-likeness (QED) is 0.719. The molecule has 9 heteroatoms. The first-order chi connectivity index (χ1) is 12.4. The second-order valence-corrected chi connectivity index (χ2v) is 7.58. The molecule has 0 atom stereocenters. The van der Waals surface area contributed by atoms with E-state index in [-0.39, 0.29) is 23.6 Å². The van der Waals surface area contributed by atoms with Crippen LogP contribution in [0.25, 0.3) is 11.0 Å². The first-order valence-corrected chi connectivity index (χ1v) is 9.57. The highest BCUT2D eigenvalue weighted by atomic mass is 35.5. The predicted molar refractivity (Wildman–Crippen MR) is 97.9 cm³/mol. The SMILES string of the molecule is CNC(=O)OCCc1cc2c(Cl)ccnc2n1S(=O)(=O)c1ccccc1. The topological polar surface area (TPSA) is 90.3 Å². The number of hydrogen-bond donors (Lipinski definition) is 1. The molecular weight excluding hydrogens is 378 g/mol. The fourth-order valence-electron chi connectivity index (χ4n) is 2.56. The number of carbonyl (C=O) groups is 1. The summed E-state index contributed by atoms with van der Waals surface area (Å²) in [6.45, 7) is 0.0118. The standard InChI is InChI=1S/C17H16ClN3O4S/c1-19-17(22)25-10-8-12-11-14-15(18)7-9-20-16(14)21(12)26(23,24)13-5-3-2-4-6-13/h2-7,9,11H,8,10H2,1H3,(H,19,22). The number of fused-ring (bicyclic) bond motifs is 1. The van der Waals surface area contributed by atoms with Gasteiger partial charge >= 0.3 is 6.09 Å². The molecule has 0 fully saturated rings. The normalized spacial score (nSPS) is 11.5. The molecule has 7 nitrogen and oxygen atoms in total. The summed E-state index contributed by atoms with van der Waals surface area (Å²) in [6.07, 6.45) is 1.05. The number of rotatable bonds is 5. The van der Waals surface area contributed by atoms with Crippen molar-refractivity contribution in [3.8, 4) is 0 Å².